The molecule has 0 fully saturated rings. The van der Waals surface area contributed by atoms with Gasteiger partial charge in [-0.2, -0.15) is 0 Å². The Kier molecular flexibility index (Phi) is 8.67. The number of sulfonamides is 1. The highest BCUT2D eigenvalue weighted by molar-refractivity contribution is 7.89. The Bertz CT molecular complexity index is 1090. The largest absolute Gasteiger partial charge is 0.492 e. The van der Waals surface area contributed by atoms with Gasteiger partial charge in [0, 0.05) is 38.8 Å². The number of carbonyl (C=O) groups is 2. The number of hydrogen-bond donors (Lipinski definition) is 2. The van der Waals surface area contributed by atoms with Gasteiger partial charge in [-0.25, -0.2) is 21.5 Å². The number of anilines is 1. The van der Waals surface area contributed by atoms with Crippen molar-refractivity contribution in [1.29, 1.82) is 0 Å². The van der Waals surface area contributed by atoms with Crippen molar-refractivity contribution in [1.82, 2.24) is 9.62 Å². The van der Waals surface area contributed by atoms with Crippen molar-refractivity contribution in [2.45, 2.75) is 24.7 Å². The van der Waals surface area contributed by atoms with Gasteiger partial charge in [0.1, 0.15) is 22.3 Å². The van der Waals surface area contributed by atoms with Crippen molar-refractivity contribution >= 4 is 27.5 Å². The maximum atomic E-state index is 13.6. The molecule has 11 heteroatoms. The number of nitrogens with one attached hydrogen (secondary N) is 2. The summed E-state index contributed by atoms with van der Waals surface area (Å²) < 4.78 is 58.0. The van der Waals surface area contributed by atoms with Crippen LogP contribution in [-0.4, -0.2) is 51.8 Å². The fourth-order valence-corrected chi connectivity index (χ4v) is 3.75. The number of rotatable bonds is 10. The number of amides is 2. The molecule has 2 amide bonds. The highest BCUT2D eigenvalue weighted by Gasteiger charge is 2.23. The lowest BCUT2D eigenvalue weighted by Gasteiger charge is -2.16. The molecule has 0 unspecified atom stereocenters. The molecule has 32 heavy (non-hydrogen) atoms. The zero-order valence-corrected chi connectivity index (χ0v) is 18.8. The van der Waals surface area contributed by atoms with Gasteiger partial charge in [-0.3, -0.25) is 9.59 Å². The molecule has 0 spiro atoms. The third-order valence-electron chi connectivity index (χ3n) is 4.33. The predicted molar refractivity (Wildman–Crippen MR) is 115 cm³/mol. The second kappa shape index (κ2) is 11.0. The zero-order valence-electron chi connectivity index (χ0n) is 17.9. The normalized spacial score (nSPS) is 11.3. The quantitative estimate of drug-likeness (QED) is 0.521. The molecular weight excluding hydrogens is 444 g/mol. The highest BCUT2D eigenvalue weighted by atomic mass is 32.2. The molecule has 0 atom stereocenters. The van der Waals surface area contributed by atoms with Crippen LogP contribution in [0.5, 0.6) is 5.75 Å². The molecule has 0 aliphatic rings. The molecule has 2 aromatic rings. The summed E-state index contributed by atoms with van der Waals surface area (Å²) in [4.78, 5) is 24.1. The summed E-state index contributed by atoms with van der Waals surface area (Å²) in [5, 5.41) is 5.06. The van der Waals surface area contributed by atoms with E-state index in [2.05, 4.69) is 10.6 Å². The lowest BCUT2D eigenvalue weighted by Crippen LogP contribution is -2.26. The van der Waals surface area contributed by atoms with Gasteiger partial charge in [0.05, 0.1) is 12.2 Å². The first-order chi connectivity index (χ1) is 15.1. The van der Waals surface area contributed by atoms with Gasteiger partial charge in [-0.05, 0) is 43.7 Å². The number of ether oxygens (including phenoxy) is 1. The van der Waals surface area contributed by atoms with Crippen molar-refractivity contribution in [3.05, 3.63) is 53.6 Å². The molecule has 0 radical (unpaired) electrons. The van der Waals surface area contributed by atoms with Crippen molar-refractivity contribution in [3.8, 4) is 5.75 Å². The average Bonchev–Trinajstić information content (AvgIpc) is 2.72. The Morgan fingerprint density at radius 2 is 1.81 bits per heavy atom. The van der Waals surface area contributed by atoms with Crippen LogP contribution in [0.2, 0.25) is 0 Å². The summed E-state index contributed by atoms with van der Waals surface area (Å²) in [5.74, 6) is -2.70. The SMILES string of the molecule is CCOc1ccc(NC(=O)CCCNC(=O)c2ccc(F)cc2F)cc1S(=O)(=O)N(C)C. The summed E-state index contributed by atoms with van der Waals surface area (Å²) in [7, 11) is -1.01. The van der Waals surface area contributed by atoms with Crippen LogP contribution in [-0.2, 0) is 14.8 Å². The first-order valence-corrected chi connectivity index (χ1v) is 11.2. The number of halogens is 2. The van der Waals surface area contributed by atoms with E-state index in [1.54, 1.807) is 6.92 Å². The van der Waals surface area contributed by atoms with Crippen LogP contribution in [0.1, 0.15) is 30.1 Å². The Morgan fingerprint density at radius 3 is 2.44 bits per heavy atom. The van der Waals surface area contributed by atoms with Gasteiger partial charge < -0.3 is 15.4 Å². The Balaban J connectivity index is 1.94. The number of nitrogens with zero attached hydrogens (tertiary/aromatic N) is 1. The molecule has 0 aliphatic heterocycles. The second-order valence-corrected chi connectivity index (χ2v) is 9.03. The lowest BCUT2D eigenvalue weighted by molar-refractivity contribution is -0.116. The minimum Gasteiger partial charge on any atom is -0.492 e. The van der Waals surface area contributed by atoms with Crippen molar-refractivity contribution in [2.75, 3.05) is 32.6 Å². The Morgan fingerprint density at radius 1 is 1.09 bits per heavy atom. The van der Waals surface area contributed by atoms with Gasteiger partial charge >= 0.3 is 0 Å². The number of hydrogen-bond acceptors (Lipinski definition) is 5. The van der Waals surface area contributed by atoms with Crippen molar-refractivity contribution < 1.29 is 31.5 Å². The Hall–Kier alpha value is -3.05. The topological polar surface area (TPSA) is 105 Å². The maximum absolute atomic E-state index is 13.6. The standard InChI is InChI=1S/C21H25F2N3O5S/c1-4-31-18-10-8-15(13-19(18)32(29,30)26(2)3)25-20(27)6-5-11-24-21(28)16-9-7-14(22)12-17(16)23/h7-10,12-13H,4-6,11H2,1-3H3,(H,24,28)(H,25,27). The minimum atomic E-state index is -3.80. The summed E-state index contributed by atoms with van der Waals surface area (Å²) in [6, 6.07) is 6.94. The van der Waals surface area contributed by atoms with Gasteiger partial charge in [0.15, 0.2) is 0 Å². The van der Waals surface area contributed by atoms with Crippen LogP contribution >= 0.6 is 0 Å². The molecule has 174 valence electrons. The van der Waals surface area contributed by atoms with E-state index < -0.39 is 33.5 Å². The van der Waals surface area contributed by atoms with E-state index >= 15 is 0 Å². The minimum absolute atomic E-state index is 0.0230. The molecule has 2 rings (SSSR count). The molecular formula is C21H25F2N3O5S. The van der Waals surface area contributed by atoms with E-state index in [1.165, 1.54) is 32.3 Å². The van der Waals surface area contributed by atoms with Crippen LogP contribution in [0.15, 0.2) is 41.3 Å². The smallest absolute Gasteiger partial charge is 0.254 e. The first-order valence-electron chi connectivity index (χ1n) is 9.78. The van der Waals surface area contributed by atoms with Gasteiger partial charge in [0.25, 0.3) is 5.91 Å². The number of carbonyl (C=O) groups excluding carboxylic acids is 2. The van der Waals surface area contributed by atoms with E-state index in [4.69, 9.17) is 4.74 Å². The fourth-order valence-electron chi connectivity index (χ4n) is 2.70. The number of benzene rings is 2. The van der Waals surface area contributed by atoms with E-state index in [0.717, 1.165) is 16.4 Å². The summed E-state index contributed by atoms with van der Waals surface area (Å²) in [6.45, 7) is 2.09. The second-order valence-electron chi connectivity index (χ2n) is 6.91. The third-order valence-corrected chi connectivity index (χ3v) is 6.16. The first kappa shape index (κ1) is 25.2. The van der Waals surface area contributed by atoms with Gasteiger partial charge in [0.2, 0.25) is 15.9 Å². The van der Waals surface area contributed by atoms with Crippen LogP contribution < -0.4 is 15.4 Å². The predicted octanol–water partition coefficient (Wildman–Crippen LogP) is 2.76. The van der Waals surface area contributed by atoms with Crippen LogP contribution in [0.3, 0.4) is 0 Å². The van der Waals surface area contributed by atoms with Crippen LogP contribution in [0, 0.1) is 11.6 Å². The van der Waals surface area contributed by atoms with Crippen molar-refractivity contribution in [2.24, 2.45) is 0 Å². The molecule has 0 aromatic heterocycles. The molecule has 2 N–H and O–H groups in total. The highest BCUT2D eigenvalue weighted by Crippen LogP contribution is 2.29. The lowest BCUT2D eigenvalue weighted by atomic mass is 10.2. The molecule has 8 nitrogen and oxygen atoms in total. The van der Waals surface area contributed by atoms with Crippen LogP contribution in [0.4, 0.5) is 14.5 Å². The molecule has 0 bridgehead atoms. The van der Waals surface area contributed by atoms with Gasteiger partial charge in [-0.1, -0.05) is 0 Å². The maximum Gasteiger partial charge on any atom is 0.254 e. The zero-order chi connectivity index (χ0) is 23.9. The molecule has 2 aromatic carbocycles. The van der Waals surface area contributed by atoms with Crippen molar-refractivity contribution in [3.63, 3.8) is 0 Å². The van der Waals surface area contributed by atoms with E-state index in [9.17, 15) is 26.8 Å². The van der Waals surface area contributed by atoms with Crippen LogP contribution in [0.25, 0.3) is 0 Å². The third kappa shape index (κ3) is 6.47. The Labute approximate surface area is 185 Å². The van der Waals surface area contributed by atoms with E-state index in [0.29, 0.717) is 6.07 Å². The summed E-state index contributed by atoms with van der Waals surface area (Å²) in [6.07, 6.45) is 0.273. The summed E-state index contributed by atoms with van der Waals surface area (Å²) in [5.41, 5.74) is -0.0174. The average molecular weight is 470 g/mol. The molecule has 0 saturated carbocycles. The molecule has 0 aliphatic carbocycles. The van der Waals surface area contributed by atoms with E-state index in [1.807, 2.05) is 0 Å². The molecule has 0 saturated heterocycles. The monoisotopic (exact) mass is 469 g/mol. The fraction of sp³-hybridized carbons (Fsp3) is 0.333. The van der Waals surface area contributed by atoms with Gasteiger partial charge in [-0.15, -0.1) is 0 Å². The summed E-state index contributed by atoms with van der Waals surface area (Å²) >= 11 is 0. The molecule has 0 heterocycles. The van der Waals surface area contributed by atoms with E-state index in [-0.39, 0.29) is 47.9 Å².